The predicted molar refractivity (Wildman–Crippen MR) is 59.8 cm³/mol. The number of carbonyl (C=O) groups excluding carboxylic acids is 1. The Morgan fingerprint density at radius 1 is 1.62 bits per heavy atom. The van der Waals surface area contributed by atoms with Crippen LogP contribution in [0.4, 0.5) is 0 Å². The number of oxime groups is 1. The first-order chi connectivity index (χ1) is 7.58. The number of carbonyl (C=O) groups is 1. The van der Waals surface area contributed by atoms with Crippen LogP contribution in [-0.4, -0.2) is 42.6 Å². The number of nitrogens with one attached hydrogen (secondary N) is 1. The van der Waals surface area contributed by atoms with E-state index in [4.69, 9.17) is 9.94 Å². The Hall–Kier alpha value is -1.10. The van der Waals surface area contributed by atoms with Gasteiger partial charge in [0, 0.05) is 12.3 Å². The topological polar surface area (TPSA) is 63.3 Å². The molecule has 0 aliphatic carbocycles. The van der Waals surface area contributed by atoms with E-state index in [1.807, 2.05) is 13.8 Å². The second-order valence-corrected chi connectivity index (χ2v) is 4.44. The number of hydrogen-bond donors (Lipinski definition) is 2. The van der Waals surface area contributed by atoms with Crippen LogP contribution in [0.2, 0.25) is 0 Å². The Labute approximate surface area is 96.1 Å². The first-order valence-corrected chi connectivity index (χ1v) is 5.79. The van der Waals surface area contributed by atoms with Crippen LogP contribution in [0.5, 0.6) is 0 Å². The number of nitrogens with zero attached hydrogens (tertiary/aromatic N) is 1. The molecule has 0 aromatic carbocycles. The fraction of sp³-hybridized carbons (Fsp3) is 0.818. The van der Waals surface area contributed by atoms with Gasteiger partial charge in [0.25, 0.3) is 0 Å². The Kier molecular flexibility index (Phi) is 4.73. The van der Waals surface area contributed by atoms with Crippen molar-refractivity contribution in [1.29, 1.82) is 0 Å². The van der Waals surface area contributed by atoms with Gasteiger partial charge in [-0.2, -0.15) is 0 Å². The lowest BCUT2D eigenvalue weighted by Crippen LogP contribution is -3.18. The average molecular weight is 229 g/mol. The quantitative estimate of drug-likeness (QED) is 0.396. The monoisotopic (exact) mass is 229 g/mol. The summed E-state index contributed by atoms with van der Waals surface area (Å²) in [5.41, 5.74) is 0.833. The molecule has 3 atom stereocenters. The molecule has 92 valence electrons. The number of ether oxygens (including phenoxy) is 1. The molecule has 1 rings (SSSR count). The van der Waals surface area contributed by atoms with Gasteiger partial charge in [-0.3, -0.25) is 0 Å². The van der Waals surface area contributed by atoms with Gasteiger partial charge in [0.15, 0.2) is 6.54 Å². The summed E-state index contributed by atoms with van der Waals surface area (Å²) in [6.07, 6.45) is 0.742. The molecule has 16 heavy (non-hydrogen) atoms. The molecule has 1 saturated heterocycles. The molecule has 0 aromatic rings. The zero-order valence-electron chi connectivity index (χ0n) is 10.2. The fourth-order valence-corrected chi connectivity index (χ4v) is 2.15. The normalized spacial score (nSPS) is 32.7. The van der Waals surface area contributed by atoms with Crippen molar-refractivity contribution in [1.82, 2.24) is 0 Å². The molecule has 5 nitrogen and oxygen atoms in total. The Balaban J connectivity index is 2.53. The van der Waals surface area contributed by atoms with Crippen LogP contribution in [0.1, 0.15) is 27.2 Å². The van der Waals surface area contributed by atoms with E-state index in [0.717, 1.165) is 18.7 Å². The average Bonchev–Trinajstić information content (AvgIpc) is 2.23. The highest BCUT2D eigenvalue weighted by Gasteiger charge is 2.33. The summed E-state index contributed by atoms with van der Waals surface area (Å²) in [6.45, 7) is 7.54. The maximum absolute atomic E-state index is 11.4. The summed E-state index contributed by atoms with van der Waals surface area (Å²) in [6, 6.07) is 0.298. The van der Waals surface area contributed by atoms with Crippen LogP contribution in [0, 0.1) is 5.92 Å². The summed E-state index contributed by atoms with van der Waals surface area (Å²) in [5.74, 6) is 0.0755. The minimum atomic E-state index is -0.152. The lowest BCUT2D eigenvalue weighted by atomic mass is 9.93. The van der Waals surface area contributed by atoms with E-state index < -0.39 is 0 Å². The van der Waals surface area contributed by atoms with E-state index in [1.54, 1.807) is 0 Å². The second-order valence-electron chi connectivity index (χ2n) is 4.44. The third kappa shape index (κ3) is 3.20. The highest BCUT2D eigenvalue weighted by Crippen LogP contribution is 2.07. The van der Waals surface area contributed by atoms with Crippen molar-refractivity contribution in [2.45, 2.75) is 33.2 Å². The smallest absolute Gasteiger partial charge is 0.361 e. The summed E-state index contributed by atoms with van der Waals surface area (Å²) >= 11 is 0. The molecular formula is C11H21N2O3+. The molecule has 1 unspecified atom stereocenters. The Bertz CT molecular complexity index is 278. The maximum atomic E-state index is 11.4. The summed E-state index contributed by atoms with van der Waals surface area (Å²) in [4.78, 5) is 12.6. The highest BCUT2D eigenvalue weighted by molar-refractivity contribution is 5.86. The van der Waals surface area contributed by atoms with Crippen molar-refractivity contribution in [3.63, 3.8) is 0 Å². The zero-order valence-corrected chi connectivity index (χ0v) is 10.2. The number of rotatable bonds is 3. The van der Waals surface area contributed by atoms with Gasteiger partial charge in [0.2, 0.25) is 0 Å². The SMILES string of the molecule is CCOC(=O)C[NH+]1C[C@H](C)/C(=N\O)C[C@@H]1C. The zero-order chi connectivity index (χ0) is 12.1. The molecule has 5 heteroatoms. The molecule has 0 aromatic heterocycles. The van der Waals surface area contributed by atoms with Crippen LogP contribution in [-0.2, 0) is 9.53 Å². The van der Waals surface area contributed by atoms with Gasteiger partial charge in [-0.1, -0.05) is 12.1 Å². The predicted octanol–water partition coefficient (Wildman–Crippen LogP) is -0.307. The van der Waals surface area contributed by atoms with Gasteiger partial charge in [0.1, 0.15) is 0 Å². The van der Waals surface area contributed by atoms with Crippen molar-refractivity contribution in [3.8, 4) is 0 Å². The number of hydrogen-bond acceptors (Lipinski definition) is 4. The van der Waals surface area contributed by atoms with E-state index in [1.165, 1.54) is 4.90 Å². The summed E-state index contributed by atoms with van der Waals surface area (Å²) in [5, 5.41) is 12.1. The fourth-order valence-electron chi connectivity index (χ4n) is 2.15. The van der Waals surface area contributed by atoms with Crippen LogP contribution in [0.3, 0.4) is 0 Å². The number of quaternary nitrogens is 1. The van der Waals surface area contributed by atoms with Gasteiger partial charge in [-0.25, -0.2) is 4.79 Å². The van der Waals surface area contributed by atoms with E-state index in [9.17, 15) is 4.79 Å². The molecule has 0 saturated carbocycles. The summed E-state index contributed by atoms with van der Waals surface area (Å²) < 4.78 is 4.94. The molecule has 1 aliphatic heterocycles. The van der Waals surface area contributed by atoms with Crippen molar-refractivity contribution in [2.75, 3.05) is 19.7 Å². The minimum Gasteiger partial charge on any atom is -0.462 e. The van der Waals surface area contributed by atoms with E-state index in [-0.39, 0.29) is 11.9 Å². The highest BCUT2D eigenvalue weighted by atomic mass is 16.5. The summed E-state index contributed by atoms with van der Waals surface area (Å²) in [7, 11) is 0. The van der Waals surface area contributed by atoms with Gasteiger partial charge in [-0.15, -0.1) is 0 Å². The van der Waals surface area contributed by atoms with Gasteiger partial charge >= 0.3 is 5.97 Å². The standard InChI is InChI=1S/C11H20N2O3/c1-4-16-11(14)7-13-6-8(2)10(12-15)5-9(13)3/h8-9,15H,4-7H2,1-3H3/p+1/b12-10-/t8-,9-/m0/s1. The van der Waals surface area contributed by atoms with Crippen LogP contribution >= 0.6 is 0 Å². The van der Waals surface area contributed by atoms with Crippen LogP contribution < -0.4 is 4.90 Å². The van der Waals surface area contributed by atoms with Crippen molar-refractivity contribution in [3.05, 3.63) is 0 Å². The van der Waals surface area contributed by atoms with E-state index in [2.05, 4.69) is 12.1 Å². The van der Waals surface area contributed by atoms with Crippen LogP contribution in [0.15, 0.2) is 5.16 Å². The molecule has 1 heterocycles. The molecule has 1 aliphatic rings. The van der Waals surface area contributed by atoms with Crippen molar-refractivity contribution >= 4 is 11.7 Å². The largest absolute Gasteiger partial charge is 0.462 e. The molecule has 0 amide bonds. The minimum absolute atomic E-state index is 0.152. The molecule has 2 N–H and O–H groups in total. The van der Waals surface area contributed by atoms with Gasteiger partial charge in [-0.05, 0) is 13.8 Å². The molecular weight excluding hydrogens is 208 g/mol. The maximum Gasteiger partial charge on any atom is 0.361 e. The van der Waals surface area contributed by atoms with Crippen molar-refractivity contribution in [2.24, 2.45) is 11.1 Å². The molecule has 0 spiro atoms. The number of esters is 1. The van der Waals surface area contributed by atoms with Crippen LogP contribution in [0.25, 0.3) is 0 Å². The second kappa shape index (κ2) is 5.84. The number of likely N-dealkylation sites (tertiary alicyclic amines) is 1. The molecule has 0 bridgehead atoms. The molecule has 1 fully saturated rings. The van der Waals surface area contributed by atoms with E-state index in [0.29, 0.717) is 19.2 Å². The Morgan fingerprint density at radius 2 is 2.31 bits per heavy atom. The third-order valence-corrected chi connectivity index (χ3v) is 3.15. The van der Waals surface area contributed by atoms with Crippen molar-refractivity contribution < 1.29 is 19.6 Å². The van der Waals surface area contributed by atoms with E-state index >= 15 is 0 Å². The lowest BCUT2D eigenvalue weighted by molar-refractivity contribution is -0.920. The number of piperidine rings is 1. The first kappa shape index (κ1) is 13.0. The third-order valence-electron chi connectivity index (χ3n) is 3.15. The Morgan fingerprint density at radius 3 is 2.88 bits per heavy atom. The first-order valence-electron chi connectivity index (χ1n) is 5.79. The molecule has 0 radical (unpaired) electrons. The van der Waals surface area contributed by atoms with Gasteiger partial charge < -0.3 is 14.8 Å². The van der Waals surface area contributed by atoms with Gasteiger partial charge in [0.05, 0.1) is 24.9 Å². The lowest BCUT2D eigenvalue weighted by Gasteiger charge is -2.33.